The van der Waals surface area contributed by atoms with Crippen LogP contribution in [0, 0.1) is 0 Å². The third-order valence-electron chi connectivity index (χ3n) is 2.83. The number of halogens is 3. The lowest BCUT2D eigenvalue weighted by atomic mass is 10.3. The molecule has 5 heteroatoms. The van der Waals surface area contributed by atoms with Gasteiger partial charge in [-0.15, -0.1) is 0 Å². The van der Waals surface area contributed by atoms with Crippen LogP contribution in [0.3, 0.4) is 0 Å². The first-order valence-corrected chi connectivity index (χ1v) is 7.25. The number of hydrogen-bond acceptors (Lipinski definition) is 2. The maximum Gasteiger partial charge on any atom is 0.156 e. The number of rotatable bonds is 5. The normalized spacial score (nSPS) is 10.4. The summed E-state index contributed by atoms with van der Waals surface area (Å²) in [6, 6.07) is 13.3. The van der Waals surface area contributed by atoms with E-state index < -0.39 is 0 Å². The molecule has 0 unspecified atom stereocenters. The zero-order valence-corrected chi connectivity index (χ0v) is 13.2. The summed E-state index contributed by atoms with van der Waals surface area (Å²) in [5.41, 5.74) is 1.13. The molecule has 0 aliphatic rings. The van der Waals surface area contributed by atoms with Crippen LogP contribution in [-0.2, 0) is 0 Å². The highest BCUT2D eigenvalue weighted by molar-refractivity contribution is 6.40. The Hall–Kier alpha value is -1.09. The minimum Gasteiger partial charge on any atom is -0.489 e. The van der Waals surface area contributed by atoms with Crippen LogP contribution in [0.15, 0.2) is 42.5 Å². The van der Waals surface area contributed by atoms with Crippen LogP contribution >= 0.6 is 34.8 Å². The maximum atomic E-state index is 6.06. The molecule has 2 aromatic rings. The van der Waals surface area contributed by atoms with E-state index in [4.69, 9.17) is 39.5 Å². The van der Waals surface area contributed by atoms with Gasteiger partial charge >= 0.3 is 0 Å². The van der Waals surface area contributed by atoms with E-state index in [1.807, 2.05) is 37.4 Å². The van der Waals surface area contributed by atoms with Gasteiger partial charge in [0.1, 0.15) is 6.61 Å². The SMILES string of the molecule is CN(CCOc1c(Cl)cc(Cl)cc1Cl)c1ccccc1. The Kier molecular flexibility index (Phi) is 5.41. The van der Waals surface area contributed by atoms with E-state index >= 15 is 0 Å². The van der Waals surface area contributed by atoms with Crippen LogP contribution < -0.4 is 9.64 Å². The Morgan fingerprint density at radius 1 is 1.00 bits per heavy atom. The van der Waals surface area contributed by atoms with Gasteiger partial charge in [0.15, 0.2) is 5.75 Å². The number of anilines is 1. The number of nitrogens with zero attached hydrogens (tertiary/aromatic N) is 1. The molecular weight excluding hydrogens is 317 g/mol. The molecule has 0 aliphatic carbocycles. The molecule has 2 rings (SSSR count). The zero-order chi connectivity index (χ0) is 14.5. The molecule has 0 spiro atoms. The largest absolute Gasteiger partial charge is 0.489 e. The van der Waals surface area contributed by atoms with Gasteiger partial charge in [0.2, 0.25) is 0 Å². The van der Waals surface area contributed by atoms with Gasteiger partial charge in [-0.2, -0.15) is 0 Å². The van der Waals surface area contributed by atoms with E-state index in [9.17, 15) is 0 Å². The van der Waals surface area contributed by atoms with Crippen LogP contribution in [0.5, 0.6) is 5.75 Å². The van der Waals surface area contributed by atoms with Gasteiger partial charge in [-0.25, -0.2) is 0 Å². The fraction of sp³-hybridized carbons (Fsp3) is 0.200. The lowest BCUT2D eigenvalue weighted by Gasteiger charge is -2.20. The van der Waals surface area contributed by atoms with Crippen molar-refractivity contribution < 1.29 is 4.74 Å². The predicted molar refractivity (Wildman–Crippen MR) is 86.7 cm³/mol. The Bertz CT molecular complexity index is 552. The zero-order valence-electron chi connectivity index (χ0n) is 10.9. The van der Waals surface area contributed by atoms with E-state index in [1.54, 1.807) is 12.1 Å². The van der Waals surface area contributed by atoms with Crippen molar-refractivity contribution in [3.63, 3.8) is 0 Å². The van der Waals surface area contributed by atoms with Crippen LogP contribution in [0.2, 0.25) is 15.1 Å². The highest BCUT2D eigenvalue weighted by Crippen LogP contribution is 2.35. The second-order valence-corrected chi connectivity index (χ2v) is 5.55. The Morgan fingerprint density at radius 2 is 1.60 bits per heavy atom. The molecule has 0 saturated heterocycles. The first-order valence-electron chi connectivity index (χ1n) is 6.11. The number of para-hydroxylation sites is 1. The molecule has 0 atom stereocenters. The van der Waals surface area contributed by atoms with Crippen LogP contribution in [0.1, 0.15) is 0 Å². The first kappa shape index (κ1) is 15.3. The van der Waals surface area contributed by atoms with Crippen molar-refractivity contribution >= 4 is 40.5 Å². The van der Waals surface area contributed by atoms with E-state index in [1.165, 1.54) is 0 Å². The molecule has 0 heterocycles. The average molecular weight is 331 g/mol. The van der Waals surface area contributed by atoms with Crippen molar-refractivity contribution in [2.45, 2.75) is 0 Å². The number of hydrogen-bond donors (Lipinski definition) is 0. The number of ether oxygens (including phenoxy) is 1. The summed E-state index contributed by atoms with van der Waals surface area (Å²) < 4.78 is 5.65. The summed E-state index contributed by atoms with van der Waals surface area (Å²) in [5.74, 6) is 0.471. The third-order valence-corrected chi connectivity index (χ3v) is 3.61. The molecule has 0 aliphatic heterocycles. The fourth-order valence-electron chi connectivity index (χ4n) is 1.76. The van der Waals surface area contributed by atoms with E-state index in [2.05, 4.69) is 4.90 Å². The molecule has 0 bridgehead atoms. The molecule has 0 radical (unpaired) electrons. The van der Waals surface area contributed by atoms with E-state index in [-0.39, 0.29) is 0 Å². The smallest absolute Gasteiger partial charge is 0.156 e. The highest BCUT2D eigenvalue weighted by Gasteiger charge is 2.09. The van der Waals surface area contributed by atoms with Gasteiger partial charge in [0.05, 0.1) is 16.6 Å². The summed E-state index contributed by atoms with van der Waals surface area (Å²) in [6.07, 6.45) is 0. The third kappa shape index (κ3) is 3.95. The van der Waals surface area contributed by atoms with Gasteiger partial charge in [0, 0.05) is 17.8 Å². The quantitative estimate of drug-likeness (QED) is 0.750. The second kappa shape index (κ2) is 7.07. The lowest BCUT2D eigenvalue weighted by molar-refractivity contribution is 0.326. The highest BCUT2D eigenvalue weighted by atomic mass is 35.5. The van der Waals surface area contributed by atoms with Crippen molar-refractivity contribution in [3.8, 4) is 5.75 Å². The van der Waals surface area contributed by atoms with E-state index in [0.29, 0.717) is 27.4 Å². The molecule has 0 aromatic heterocycles. The average Bonchev–Trinajstić information content (AvgIpc) is 2.42. The minimum absolute atomic E-state index is 0.421. The molecular formula is C15H14Cl3NO. The van der Waals surface area contributed by atoms with Crippen LogP contribution in [0.4, 0.5) is 5.69 Å². The Morgan fingerprint density at radius 3 is 2.20 bits per heavy atom. The standard InChI is InChI=1S/C15H14Cl3NO/c1-19(12-5-3-2-4-6-12)7-8-20-15-13(17)9-11(16)10-14(15)18/h2-6,9-10H,7-8H2,1H3. The number of benzene rings is 2. The van der Waals surface area contributed by atoms with Gasteiger partial charge in [-0.05, 0) is 24.3 Å². The van der Waals surface area contributed by atoms with Crippen molar-refractivity contribution in [3.05, 3.63) is 57.5 Å². The fourth-order valence-corrected chi connectivity index (χ4v) is 2.69. The lowest BCUT2D eigenvalue weighted by Crippen LogP contribution is -2.23. The van der Waals surface area contributed by atoms with E-state index in [0.717, 1.165) is 12.2 Å². The maximum absolute atomic E-state index is 6.06. The summed E-state index contributed by atoms with van der Waals surface area (Å²) in [6.45, 7) is 1.20. The van der Waals surface area contributed by atoms with Gasteiger partial charge in [-0.3, -0.25) is 0 Å². The molecule has 106 valence electrons. The molecule has 2 nitrogen and oxygen atoms in total. The van der Waals surface area contributed by atoms with Crippen molar-refractivity contribution in [2.24, 2.45) is 0 Å². The predicted octanol–water partition coefficient (Wildman–Crippen LogP) is 5.16. The van der Waals surface area contributed by atoms with Gasteiger partial charge in [-0.1, -0.05) is 53.0 Å². The van der Waals surface area contributed by atoms with Crippen molar-refractivity contribution in [1.29, 1.82) is 0 Å². The molecule has 0 N–H and O–H groups in total. The molecule has 0 amide bonds. The summed E-state index contributed by atoms with van der Waals surface area (Å²) >= 11 is 18.0. The summed E-state index contributed by atoms with van der Waals surface area (Å²) in [4.78, 5) is 2.09. The Labute approximate surface area is 133 Å². The molecule has 2 aromatic carbocycles. The van der Waals surface area contributed by atoms with Gasteiger partial charge < -0.3 is 9.64 Å². The van der Waals surface area contributed by atoms with Crippen LogP contribution in [-0.4, -0.2) is 20.2 Å². The second-order valence-electron chi connectivity index (χ2n) is 4.30. The molecule has 20 heavy (non-hydrogen) atoms. The monoisotopic (exact) mass is 329 g/mol. The van der Waals surface area contributed by atoms with Crippen LogP contribution in [0.25, 0.3) is 0 Å². The van der Waals surface area contributed by atoms with Crippen molar-refractivity contribution in [1.82, 2.24) is 0 Å². The summed E-state index contributed by atoms with van der Waals surface area (Å²) in [7, 11) is 2.00. The topological polar surface area (TPSA) is 12.5 Å². The first-order chi connectivity index (χ1) is 9.58. The Balaban J connectivity index is 1.94. The molecule has 0 saturated carbocycles. The summed E-state index contributed by atoms with van der Waals surface area (Å²) in [5, 5.41) is 1.34. The van der Waals surface area contributed by atoms with Crippen molar-refractivity contribution in [2.75, 3.05) is 25.1 Å². The van der Waals surface area contributed by atoms with Gasteiger partial charge in [0.25, 0.3) is 0 Å². The number of likely N-dealkylation sites (N-methyl/N-ethyl adjacent to an activating group) is 1. The minimum atomic E-state index is 0.421. The molecule has 0 fully saturated rings.